The van der Waals surface area contributed by atoms with Crippen LogP contribution >= 0.6 is 12.6 Å². The van der Waals surface area contributed by atoms with Crippen LogP contribution in [0.2, 0.25) is 0 Å². The van der Waals surface area contributed by atoms with Gasteiger partial charge in [-0.2, -0.15) is 12.6 Å². The zero-order chi connectivity index (χ0) is 10.0. The Hall–Kier alpha value is -0.180. The van der Waals surface area contributed by atoms with Gasteiger partial charge >= 0.3 is 0 Å². The van der Waals surface area contributed by atoms with E-state index in [1.54, 1.807) is 0 Å². The molecule has 0 aliphatic carbocycles. The van der Waals surface area contributed by atoms with Gasteiger partial charge in [0.25, 0.3) is 0 Å². The van der Waals surface area contributed by atoms with E-state index in [4.69, 9.17) is 0 Å². The Bertz CT molecular complexity index is 193. The molecule has 1 saturated heterocycles. The van der Waals surface area contributed by atoms with Crippen LogP contribution < -0.4 is 0 Å². The molecule has 1 amide bonds. The summed E-state index contributed by atoms with van der Waals surface area (Å²) in [7, 11) is 0. The Morgan fingerprint density at radius 2 is 2.15 bits per heavy atom. The van der Waals surface area contributed by atoms with Crippen molar-refractivity contribution < 1.29 is 4.79 Å². The summed E-state index contributed by atoms with van der Waals surface area (Å²) in [5.41, 5.74) is 0. The number of amides is 1. The summed E-state index contributed by atoms with van der Waals surface area (Å²) in [5, 5.41) is -0.157. The highest BCUT2D eigenvalue weighted by molar-refractivity contribution is 7.81. The second kappa shape index (κ2) is 4.36. The van der Waals surface area contributed by atoms with Gasteiger partial charge in [-0.05, 0) is 32.6 Å². The SMILES string of the molecule is CC1CCN(C(=O)C(C)S)C(C)C1. The number of hydrogen-bond acceptors (Lipinski definition) is 2. The quantitative estimate of drug-likeness (QED) is 0.643. The minimum atomic E-state index is -0.157. The molecular weight excluding hydrogens is 182 g/mol. The first kappa shape index (κ1) is 10.9. The van der Waals surface area contributed by atoms with E-state index in [2.05, 4.69) is 26.5 Å². The van der Waals surface area contributed by atoms with Gasteiger partial charge in [0.15, 0.2) is 0 Å². The third kappa shape index (κ3) is 2.63. The molecule has 3 unspecified atom stereocenters. The first-order valence-corrected chi connectivity index (χ1v) is 5.52. The minimum Gasteiger partial charge on any atom is -0.339 e. The average molecular weight is 201 g/mol. The molecule has 3 heteroatoms. The van der Waals surface area contributed by atoms with Gasteiger partial charge in [-0.3, -0.25) is 4.79 Å². The van der Waals surface area contributed by atoms with E-state index in [0.29, 0.717) is 6.04 Å². The summed E-state index contributed by atoms with van der Waals surface area (Å²) in [4.78, 5) is 13.6. The molecule has 0 saturated carbocycles. The number of thiol groups is 1. The lowest BCUT2D eigenvalue weighted by atomic mass is 9.93. The van der Waals surface area contributed by atoms with E-state index in [1.165, 1.54) is 0 Å². The predicted octanol–water partition coefficient (Wildman–Crippen LogP) is 1.95. The van der Waals surface area contributed by atoms with Gasteiger partial charge in [-0.1, -0.05) is 6.92 Å². The molecular formula is C10H19NOS. The van der Waals surface area contributed by atoms with Crippen LogP contribution in [0.5, 0.6) is 0 Å². The number of nitrogens with zero attached hydrogens (tertiary/aromatic N) is 1. The van der Waals surface area contributed by atoms with Crippen molar-refractivity contribution in [1.29, 1.82) is 0 Å². The second-order valence-corrected chi connectivity index (χ2v) is 4.96. The summed E-state index contributed by atoms with van der Waals surface area (Å²) in [6.45, 7) is 7.13. The third-order valence-electron chi connectivity index (χ3n) is 2.78. The van der Waals surface area contributed by atoms with Crippen LogP contribution in [-0.4, -0.2) is 28.6 Å². The van der Waals surface area contributed by atoms with Gasteiger partial charge in [-0.15, -0.1) is 0 Å². The number of rotatable bonds is 1. The lowest BCUT2D eigenvalue weighted by Gasteiger charge is -2.37. The second-order valence-electron chi connectivity index (χ2n) is 4.19. The van der Waals surface area contributed by atoms with Crippen molar-refractivity contribution in [2.24, 2.45) is 5.92 Å². The van der Waals surface area contributed by atoms with E-state index in [1.807, 2.05) is 11.8 Å². The summed E-state index contributed by atoms with van der Waals surface area (Å²) in [6.07, 6.45) is 2.27. The first-order valence-electron chi connectivity index (χ1n) is 5.01. The van der Waals surface area contributed by atoms with Crippen LogP contribution in [-0.2, 0) is 4.79 Å². The topological polar surface area (TPSA) is 20.3 Å². The third-order valence-corrected chi connectivity index (χ3v) is 3.00. The van der Waals surface area contributed by atoms with E-state index in [9.17, 15) is 4.79 Å². The molecule has 1 aliphatic rings. The molecule has 0 aromatic rings. The van der Waals surface area contributed by atoms with Crippen molar-refractivity contribution in [1.82, 2.24) is 4.90 Å². The molecule has 0 spiro atoms. The molecule has 3 atom stereocenters. The smallest absolute Gasteiger partial charge is 0.235 e. The van der Waals surface area contributed by atoms with Crippen molar-refractivity contribution in [2.45, 2.75) is 44.9 Å². The summed E-state index contributed by atoms with van der Waals surface area (Å²) in [6, 6.07) is 0.394. The van der Waals surface area contributed by atoms with Crippen LogP contribution in [0.15, 0.2) is 0 Å². The van der Waals surface area contributed by atoms with Gasteiger partial charge in [0, 0.05) is 12.6 Å². The molecule has 0 bridgehead atoms. The van der Waals surface area contributed by atoms with E-state index >= 15 is 0 Å². The van der Waals surface area contributed by atoms with Gasteiger partial charge in [0.2, 0.25) is 5.91 Å². The standard InChI is InChI=1S/C10H19NOS/c1-7-4-5-11(8(2)6-7)10(12)9(3)13/h7-9,13H,4-6H2,1-3H3. The van der Waals surface area contributed by atoms with Crippen molar-refractivity contribution >= 4 is 18.5 Å². The fourth-order valence-electron chi connectivity index (χ4n) is 1.97. The van der Waals surface area contributed by atoms with Crippen LogP contribution in [0.3, 0.4) is 0 Å². The highest BCUT2D eigenvalue weighted by Gasteiger charge is 2.27. The first-order chi connectivity index (χ1) is 6.02. The molecule has 1 aliphatic heterocycles. The van der Waals surface area contributed by atoms with Crippen molar-refractivity contribution in [3.63, 3.8) is 0 Å². The van der Waals surface area contributed by atoms with Crippen molar-refractivity contribution in [3.8, 4) is 0 Å². The fraction of sp³-hybridized carbons (Fsp3) is 0.900. The largest absolute Gasteiger partial charge is 0.339 e. The molecule has 0 radical (unpaired) electrons. The Labute approximate surface area is 86.1 Å². The van der Waals surface area contributed by atoms with Gasteiger partial charge < -0.3 is 4.90 Å². The summed E-state index contributed by atoms with van der Waals surface area (Å²) >= 11 is 4.18. The molecule has 0 N–H and O–H groups in total. The number of piperidine rings is 1. The molecule has 2 nitrogen and oxygen atoms in total. The lowest BCUT2D eigenvalue weighted by molar-refractivity contribution is -0.134. The Balaban J connectivity index is 2.56. The van der Waals surface area contributed by atoms with Gasteiger partial charge in [0.1, 0.15) is 0 Å². The van der Waals surface area contributed by atoms with Crippen molar-refractivity contribution in [2.75, 3.05) is 6.54 Å². The van der Waals surface area contributed by atoms with Gasteiger partial charge in [-0.25, -0.2) is 0 Å². The maximum absolute atomic E-state index is 11.7. The molecule has 76 valence electrons. The van der Waals surface area contributed by atoms with E-state index < -0.39 is 0 Å². The highest BCUT2D eigenvalue weighted by Crippen LogP contribution is 2.23. The normalized spacial score (nSPS) is 31.5. The lowest BCUT2D eigenvalue weighted by Crippen LogP contribution is -2.46. The number of carbonyl (C=O) groups excluding carboxylic acids is 1. The molecule has 1 rings (SSSR count). The molecule has 13 heavy (non-hydrogen) atoms. The Kier molecular flexibility index (Phi) is 3.65. The Morgan fingerprint density at radius 3 is 2.62 bits per heavy atom. The number of carbonyl (C=O) groups is 1. The Morgan fingerprint density at radius 1 is 1.54 bits per heavy atom. The van der Waals surface area contributed by atoms with Crippen LogP contribution in [0.1, 0.15) is 33.6 Å². The number of likely N-dealkylation sites (tertiary alicyclic amines) is 1. The fourth-order valence-corrected chi connectivity index (χ4v) is 2.12. The van der Waals surface area contributed by atoms with Crippen LogP contribution in [0, 0.1) is 5.92 Å². The summed E-state index contributed by atoms with van der Waals surface area (Å²) < 4.78 is 0. The zero-order valence-electron chi connectivity index (χ0n) is 8.66. The minimum absolute atomic E-state index is 0.157. The average Bonchev–Trinajstić information content (AvgIpc) is 2.03. The number of hydrogen-bond donors (Lipinski definition) is 1. The van der Waals surface area contributed by atoms with Crippen LogP contribution in [0.25, 0.3) is 0 Å². The van der Waals surface area contributed by atoms with Crippen LogP contribution in [0.4, 0.5) is 0 Å². The van der Waals surface area contributed by atoms with Crippen molar-refractivity contribution in [3.05, 3.63) is 0 Å². The summed E-state index contributed by atoms with van der Waals surface area (Å²) in [5.74, 6) is 0.942. The van der Waals surface area contributed by atoms with Gasteiger partial charge in [0.05, 0.1) is 5.25 Å². The molecule has 1 fully saturated rings. The predicted molar refractivity (Wildman–Crippen MR) is 58.0 cm³/mol. The van der Waals surface area contributed by atoms with E-state index in [0.717, 1.165) is 25.3 Å². The molecule has 1 heterocycles. The molecule has 0 aromatic carbocycles. The zero-order valence-corrected chi connectivity index (χ0v) is 9.55. The maximum atomic E-state index is 11.7. The monoisotopic (exact) mass is 201 g/mol. The highest BCUT2D eigenvalue weighted by atomic mass is 32.1. The molecule has 0 aromatic heterocycles. The van der Waals surface area contributed by atoms with E-state index in [-0.39, 0.29) is 11.2 Å². The maximum Gasteiger partial charge on any atom is 0.235 e.